The lowest BCUT2D eigenvalue weighted by molar-refractivity contribution is 0.00971. The minimum Gasteiger partial charge on any atom is -0.438 e. The van der Waals surface area contributed by atoms with Gasteiger partial charge in [0.05, 0.1) is 16.9 Å². The zero-order valence-electron chi connectivity index (χ0n) is 14.6. The Morgan fingerprint density at radius 1 is 1.32 bits per heavy atom. The van der Waals surface area contributed by atoms with Crippen molar-refractivity contribution in [2.24, 2.45) is 5.41 Å². The maximum atomic E-state index is 12.6. The van der Waals surface area contributed by atoms with Crippen LogP contribution in [0.15, 0.2) is 22.4 Å². The number of piperidine rings is 2. The Balaban J connectivity index is 1.44. The van der Waals surface area contributed by atoms with Crippen LogP contribution >= 0.6 is 11.3 Å². The van der Waals surface area contributed by atoms with Crippen LogP contribution in [0, 0.1) is 12.3 Å². The number of carbonyl (C=O) groups excluding carboxylic acids is 1. The predicted molar refractivity (Wildman–Crippen MR) is 95.4 cm³/mol. The molecular weight excluding hydrogens is 336 g/mol. The van der Waals surface area contributed by atoms with Gasteiger partial charge in [0.2, 0.25) is 5.76 Å². The third kappa shape index (κ3) is 3.62. The molecular formula is C18H24N4O2S. The molecule has 0 saturated carbocycles. The summed E-state index contributed by atoms with van der Waals surface area (Å²) in [7, 11) is 0. The van der Waals surface area contributed by atoms with Gasteiger partial charge in [0.25, 0.3) is 5.91 Å². The van der Waals surface area contributed by atoms with Crippen LogP contribution in [0.25, 0.3) is 0 Å². The summed E-state index contributed by atoms with van der Waals surface area (Å²) in [6, 6.07) is 0. The van der Waals surface area contributed by atoms with E-state index in [-0.39, 0.29) is 11.3 Å². The third-order valence-electron chi connectivity index (χ3n) is 5.38. The molecule has 2 aliphatic heterocycles. The van der Waals surface area contributed by atoms with Gasteiger partial charge in [-0.25, -0.2) is 9.97 Å². The Bertz CT molecular complexity index is 725. The van der Waals surface area contributed by atoms with Gasteiger partial charge < -0.3 is 9.32 Å². The smallest absolute Gasteiger partial charge is 0.291 e. The first-order valence-electron chi connectivity index (χ1n) is 8.95. The Kier molecular flexibility index (Phi) is 4.60. The van der Waals surface area contributed by atoms with Crippen molar-refractivity contribution in [3.8, 4) is 0 Å². The van der Waals surface area contributed by atoms with E-state index in [2.05, 4.69) is 27.2 Å². The van der Waals surface area contributed by atoms with Crippen molar-refractivity contribution in [3.63, 3.8) is 0 Å². The van der Waals surface area contributed by atoms with Gasteiger partial charge in [-0.05, 0) is 39.2 Å². The van der Waals surface area contributed by atoms with Crippen LogP contribution in [-0.4, -0.2) is 51.9 Å². The average molecular weight is 360 g/mol. The number of oxazole rings is 1. The lowest BCUT2D eigenvalue weighted by Crippen LogP contribution is -2.53. The van der Waals surface area contributed by atoms with E-state index in [9.17, 15) is 4.79 Å². The molecule has 1 spiro atoms. The molecule has 0 aliphatic carbocycles. The molecule has 2 aromatic rings. The van der Waals surface area contributed by atoms with Gasteiger partial charge in [-0.3, -0.25) is 9.69 Å². The molecule has 1 unspecified atom stereocenters. The number of amides is 1. The van der Waals surface area contributed by atoms with E-state index >= 15 is 0 Å². The molecule has 4 heterocycles. The van der Waals surface area contributed by atoms with Crippen molar-refractivity contribution in [2.45, 2.75) is 39.2 Å². The van der Waals surface area contributed by atoms with E-state index in [4.69, 9.17) is 4.42 Å². The van der Waals surface area contributed by atoms with Crippen molar-refractivity contribution in [3.05, 3.63) is 34.4 Å². The van der Waals surface area contributed by atoms with Gasteiger partial charge >= 0.3 is 0 Å². The second-order valence-electron chi connectivity index (χ2n) is 7.37. The minimum absolute atomic E-state index is 0.0242. The van der Waals surface area contributed by atoms with Crippen LogP contribution in [0.2, 0.25) is 0 Å². The minimum atomic E-state index is -0.0242. The largest absolute Gasteiger partial charge is 0.438 e. The number of rotatable bonds is 3. The second-order valence-corrected chi connectivity index (χ2v) is 8.43. The summed E-state index contributed by atoms with van der Waals surface area (Å²) in [6.45, 7) is 6.77. The molecule has 2 fully saturated rings. The molecule has 2 saturated heterocycles. The predicted octanol–water partition coefficient (Wildman–Crippen LogP) is 2.96. The first-order chi connectivity index (χ1) is 12.1. The molecule has 0 bridgehead atoms. The summed E-state index contributed by atoms with van der Waals surface area (Å²) in [5, 5.41) is 3.29. The molecule has 0 radical (unpaired) electrons. The van der Waals surface area contributed by atoms with Gasteiger partial charge in [0.1, 0.15) is 0 Å². The van der Waals surface area contributed by atoms with E-state index in [0.717, 1.165) is 44.2 Å². The third-order valence-corrected chi connectivity index (χ3v) is 6.21. The average Bonchev–Trinajstić information content (AvgIpc) is 3.26. The molecule has 25 heavy (non-hydrogen) atoms. The van der Waals surface area contributed by atoms with E-state index in [1.165, 1.54) is 37.5 Å². The molecule has 0 aromatic carbocycles. The zero-order valence-corrected chi connectivity index (χ0v) is 15.4. The molecule has 1 amide bonds. The Labute approximate surface area is 151 Å². The van der Waals surface area contributed by atoms with Gasteiger partial charge in [-0.15, -0.1) is 11.3 Å². The molecule has 7 heteroatoms. The fourth-order valence-corrected chi connectivity index (χ4v) is 4.95. The summed E-state index contributed by atoms with van der Waals surface area (Å²) in [6.07, 6.45) is 7.48. The number of nitrogens with zero attached hydrogens (tertiary/aromatic N) is 4. The summed E-state index contributed by atoms with van der Waals surface area (Å²) in [5.41, 5.74) is 1.38. The number of thiazole rings is 1. The lowest BCUT2D eigenvalue weighted by atomic mass is 9.73. The highest BCUT2D eigenvalue weighted by Crippen LogP contribution is 2.39. The van der Waals surface area contributed by atoms with E-state index in [1.54, 1.807) is 11.3 Å². The molecule has 2 aromatic heterocycles. The fourth-order valence-electron chi connectivity index (χ4n) is 4.35. The Morgan fingerprint density at radius 2 is 2.16 bits per heavy atom. The Hall–Kier alpha value is -1.73. The number of hydrogen-bond acceptors (Lipinski definition) is 6. The molecule has 4 rings (SSSR count). The molecule has 134 valence electrons. The quantitative estimate of drug-likeness (QED) is 0.842. The summed E-state index contributed by atoms with van der Waals surface area (Å²) < 4.78 is 5.21. The van der Waals surface area contributed by atoms with E-state index < -0.39 is 0 Å². The van der Waals surface area contributed by atoms with Crippen molar-refractivity contribution < 1.29 is 9.21 Å². The van der Waals surface area contributed by atoms with E-state index in [0.29, 0.717) is 5.76 Å². The van der Waals surface area contributed by atoms with Crippen LogP contribution in [-0.2, 0) is 6.54 Å². The molecule has 1 atom stereocenters. The number of likely N-dealkylation sites (tertiary alicyclic amines) is 2. The molecule has 0 N–H and O–H groups in total. The number of hydrogen-bond donors (Lipinski definition) is 0. The van der Waals surface area contributed by atoms with Gasteiger partial charge in [-0.1, -0.05) is 0 Å². The van der Waals surface area contributed by atoms with Crippen LogP contribution in [0.4, 0.5) is 0 Å². The summed E-state index contributed by atoms with van der Waals surface area (Å²) in [4.78, 5) is 25.6. The highest BCUT2D eigenvalue weighted by Gasteiger charge is 2.41. The SMILES string of the molecule is Cc1nc(CN2CCCC3(CCCN(C(=O)c4cnco4)C3)C2)cs1. The van der Waals surface area contributed by atoms with Crippen LogP contribution in [0.1, 0.15) is 46.9 Å². The highest BCUT2D eigenvalue weighted by molar-refractivity contribution is 7.09. The van der Waals surface area contributed by atoms with Crippen LogP contribution < -0.4 is 0 Å². The van der Waals surface area contributed by atoms with Crippen molar-refractivity contribution in [1.82, 2.24) is 19.8 Å². The number of aromatic nitrogens is 2. The maximum absolute atomic E-state index is 12.6. The maximum Gasteiger partial charge on any atom is 0.291 e. The van der Waals surface area contributed by atoms with Crippen molar-refractivity contribution in [2.75, 3.05) is 26.2 Å². The Morgan fingerprint density at radius 3 is 2.88 bits per heavy atom. The van der Waals surface area contributed by atoms with Crippen molar-refractivity contribution >= 4 is 17.2 Å². The normalized spacial score (nSPS) is 24.8. The van der Waals surface area contributed by atoms with E-state index in [1.807, 2.05) is 4.90 Å². The summed E-state index contributed by atoms with van der Waals surface area (Å²) in [5.74, 6) is 0.325. The fraction of sp³-hybridized carbons (Fsp3) is 0.611. The van der Waals surface area contributed by atoms with Gasteiger partial charge in [0.15, 0.2) is 6.39 Å². The molecule has 6 nitrogen and oxygen atoms in total. The lowest BCUT2D eigenvalue weighted by Gasteiger charge is -2.48. The topological polar surface area (TPSA) is 62.5 Å². The summed E-state index contributed by atoms with van der Waals surface area (Å²) >= 11 is 1.72. The first-order valence-corrected chi connectivity index (χ1v) is 9.83. The zero-order chi connectivity index (χ0) is 17.3. The standard InChI is InChI=1S/C18H24N4O2S/c1-14-20-15(10-25-14)9-21-6-2-4-18(11-21)5-3-7-22(12-18)17(23)16-8-19-13-24-16/h8,10,13H,2-7,9,11-12H2,1H3. The van der Waals surface area contributed by atoms with Gasteiger partial charge in [-0.2, -0.15) is 0 Å². The van der Waals surface area contributed by atoms with Crippen molar-refractivity contribution in [1.29, 1.82) is 0 Å². The highest BCUT2D eigenvalue weighted by atomic mass is 32.1. The second kappa shape index (κ2) is 6.88. The monoisotopic (exact) mass is 360 g/mol. The van der Waals surface area contributed by atoms with Crippen LogP contribution in [0.5, 0.6) is 0 Å². The number of aryl methyl sites for hydroxylation is 1. The van der Waals surface area contributed by atoms with Gasteiger partial charge in [0, 0.05) is 37.0 Å². The first kappa shape index (κ1) is 16.7. The number of carbonyl (C=O) groups is 1. The van der Waals surface area contributed by atoms with Crippen LogP contribution in [0.3, 0.4) is 0 Å². The molecule has 2 aliphatic rings.